The van der Waals surface area contributed by atoms with Gasteiger partial charge in [-0.15, -0.1) is 11.3 Å². The van der Waals surface area contributed by atoms with E-state index < -0.39 is 23.6 Å². The molecule has 1 aliphatic heterocycles. The van der Waals surface area contributed by atoms with Gasteiger partial charge in [-0.05, 0) is 36.4 Å². The third kappa shape index (κ3) is 3.80. The van der Waals surface area contributed by atoms with Crippen LogP contribution in [0, 0.1) is 0 Å². The van der Waals surface area contributed by atoms with E-state index in [1.807, 2.05) is 17.5 Å². The van der Waals surface area contributed by atoms with Crippen LogP contribution in [0.15, 0.2) is 64.3 Å². The minimum absolute atomic E-state index is 0.0286. The molecule has 162 valence electrons. The molecule has 0 bridgehead atoms. The predicted molar refractivity (Wildman–Crippen MR) is 110 cm³/mol. The van der Waals surface area contributed by atoms with E-state index in [9.17, 15) is 22.8 Å². The Morgan fingerprint density at radius 2 is 1.90 bits per heavy atom. The molecule has 0 fully saturated rings. The molecule has 2 atom stereocenters. The normalized spacial score (nSPS) is 21.6. The number of carbonyl (C=O) groups excluding carboxylic acids is 2. The Kier molecular flexibility index (Phi) is 5.51. The van der Waals surface area contributed by atoms with Gasteiger partial charge in [0.25, 0.3) is 0 Å². The summed E-state index contributed by atoms with van der Waals surface area (Å²) in [6.45, 7) is 1.62. The number of hydrogen-bond acceptors (Lipinski definition) is 5. The number of halogens is 3. The minimum Gasteiger partial charge on any atom is -0.466 e. The standard InChI is InChI=1S/C23H20F3NO3S/c1-12-19(22(29)30-2)20(14-6-3-4-7-15(14)23(24,25)26)21-16(27-12)10-13(11-17(21)28)18-8-5-9-31-18/h3-9,13,20,27H,10-11H2,1-2H3/t13-,20-/m0/s1. The molecule has 8 heteroatoms. The van der Waals surface area contributed by atoms with Crippen LogP contribution in [0.3, 0.4) is 0 Å². The fourth-order valence-electron chi connectivity index (χ4n) is 4.46. The lowest BCUT2D eigenvalue weighted by Crippen LogP contribution is -2.36. The third-order valence-corrected chi connectivity index (χ3v) is 6.79. The first kappa shape index (κ1) is 21.4. The highest BCUT2D eigenvalue weighted by atomic mass is 32.1. The molecular formula is C23H20F3NO3S. The maximum atomic E-state index is 13.8. The number of methoxy groups -OCH3 is 1. The summed E-state index contributed by atoms with van der Waals surface area (Å²) in [5, 5.41) is 5.06. The second kappa shape index (κ2) is 8.00. The lowest BCUT2D eigenvalue weighted by Gasteiger charge is -2.37. The summed E-state index contributed by atoms with van der Waals surface area (Å²) >= 11 is 1.55. The molecule has 1 aliphatic carbocycles. The maximum absolute atomic E-state index is 13.8. The number of dihydropyridines is 1. The summed E-state index contributed by atoms with van der Waals surface area (Å²) in [6, 6.07) is 8.95. The summed E-state index contributed by atoms with van der Waals surface area (Å²) in [5.41, 5.74) is 0.230. The summed E-state index contributed by atoms with van der Waals surface area (Å²) in [5.74, 6) is -2.21. The van der Waals surface area contributed by atoms with E-state index >= 15 is 0 Å². The molecule has 0 saturated heterocycles. The van der Waals surface area contributed by atoms with E-state index in [1.54, 1.807) is 18.3 Å². The summed E-state index contributed by atoms with van der Waals surface area (Å²) in [7, 11) is 1.18. The number of alkyl halides is 3. The van der Waals surface area contributed by atoms with Crippen molar-refractivity contribution < 1.29 is 27.5 Å². The van der Waals surface area contributed by atoms with Crippen molar-refractivity contribution >= 4 is 23.1 Å². The van der Waals surface area contributed by atoms with Gasteiger partial charge in [-0.1, -0.05) is 24.3 Å². The Balaban J connectivity index is 1.90. The molecule has 31 heavy (non-hydrogen) atoms. The Labute approximate surface area is 181 Å². The zero-order valence-corrected chi connectivity index (χ0v) is 17.7. The van der Waals surface area contributed by atoms with Crippen molar-refractivity contribution in [1.29, 1.82) is 0 Å². The maximum Gasteiger partial charge on any atom is 0.416 e. The van der Waals surface area contributed by atoms with Gasteiger partial charge >= 0.3 is 12.1 Å². The summed E-state index contributed by atoms with van der Waals surface area (Å²) < 4.78 is 46.4. The average Bonchev–Trinajstić information content (AvgIpc) is 3.26. The predicted octanol–water partition coefficient (Wildman–Crippen LogP) is 5.30. The van der Waals surface area contributed by atoms with E-state index in [4.69, 9.17) is 4.74 Å². The highest BCUT2D eigenvalue weighted by molar-refractivity contribution is 7.10. The van der Waals surface area contributed by atoms with Gasteiger partial charge < -0.3 is 10.1 Å². The zero-order chi connectivity index (χ0) is 22.3. The molecule has 0 amide bonds. The number of esters is 1. The van der Waals surface area contributed by atoms with Crippen molar-refractivity contribution in [2.45, 2.75) is 37.8 Å². The van der Waals surface area contributed by atoms with Crippen molar-refractivity contribution in [3.05, 3.63) is 80.3 Å². The van der Waals surface area contributed by atoms with Gasteiger partial charge in [0.2, 0.25) is 0 Å². The van der Waals surface area contributed by atoms with Gasteiger partial charge in [-0.2, -0.15) is 13.2 Å². The van der Waals surface area contributed by atoms with Crippen LogP contribution in [-0.4, -0.2) is 18.9 Å². The smallest absolute Gasteiger partial charge is 0.416 e. The van der Waals surface area contributed by atoms with Gasteiger partial charge in [0, 0.05) is 40.1 Å². The first-order chi connectivity index (χ1) is 14.7. The molecule has 0 spiro atoms. The minimum atomic E-state index is -4.63. The molecule has 4 rings (SSSR count). The number of thiophene rings is 1. The van der Waals surface area contributed by atoms with Crippen LogP contribution in [0.25, 0.3) is 0 Å². The number of benzene rings is 1. The van der Waals surface area contributed by atoms with Crippen LogP contribution in [0.5, 0.6) is 0 Å². The molecule has 0 unspecified atom stereocenters. The Hall–Kier alpha value is -2.87. The van der Waals surface area contributed by atoms with E-state index in [2.05, 4.69) is 5.32 Å². The van der Waals surface area contributed by atoms with Crippen LogP contribution >= 0.6 is 11.3 Å². The van der Waals surface area contributed by atoms with Crippen molar-refractivity contribution in [3.63, 3.8) is 0 Å². The molecule has 2 aromatic rings. The third-order valence-electron chi connectivity index (χ3n) is 5.76. The van der Waals surface area contributed by atoms with Crippen molar-refractivity contribution in [2.75, 3.05) is 7.11 Å². The molecule has 0 radical (unpaired) electrons. The molecule has 1 aromatic carbocycles. The van der Waals surface area contributed by atoms with Gasteiger partial charge in [-0.3, -0.25) is 4.79 Å². The molecule has 4 nitrogen and oxygen atoms in total. The monoisotopic (exact) mass is 447 g/mol. The largest absolute Gasteiger partial charge is 0.466 e. The van der Waals surface area contributed by atoms with Crippen LogP contribution in [-0.2, 0) is 20.5 Å². The van der Waals surface area contributed by atoms with E-state index in [-0.39, 0.29) is 34.8 Å². The number of hydrogen-bond donors (Lipinski definition) is 1. The molecule has 0 saturated carbocycles. The van der Waals surface area contributed by atoms with Crippen molar-refractivity contribution in [1.82, 2.24) is 5.32 Å². The second-order valence-corrected chi connectivity index (χ2v) is 8.59. The van der Waals surface area contributed by atoms with Crippen molar-refractivity contribution in [3.8, 4) is 0 Å². The fraction of sp³-hybridized carbons (Fsp3) is 0.304. The zero-order valence-electron chi connectivity index (χ0n) is 16.9. The Bertz CT molecular complexity index is 1100. The summed E-state index contributed by atoms with van der Waals surface area (Å²) in [4.78, 5) is 27.0. The number of allylic oxidation sites excluding steroid dienone is 3. The lowest BCUT2D eigenvalue weighted by atomic mass is 9.71. The Morgan fingerprint density at radius 1 is 1.16 bits per heavy atom. The highest BCUT2D eigenvalue weighted by Crippen LogP contribution is 2.48. The number of Topliss-reactive ketones (excluding diaryl/α,β-unsaturated/α-hetero) is 1. The first-order valence-electron chi connectivity index (χ1n) is 9.74. The number of ketones is 1. The van der Waals surface area contributed by atoms with E-state index in [1.165, 1.54) is 25.3 Å². The van der Waals surface area contributed by atoms with Crippen LogP contribution in [0.4, 0.5) is 13.2 Å². The Morgan fingerprint density at radius 3 is 2.55 bits per heavy atom. The van der Waals surface area contributed by atoms with Crippen molar-refractivity contribution in [2.24, 2.45) is 0 Å². The van der Waals surface area contributed by atoms with Gasteiger partial charge in [0.15, 0.2) is 5.78 Å². The fourth-order valence-corrected chi connectivity index (χ4v) is 5.29. The summed E-state index contributed by atoms with van der Waals surface area (Å²) in [6.07, 6.45) is -3.97. The SMILES string of the molecule is COC(=O)C1=C(C)NC2=C(C(=O)C[C@@H](c3cccs3)C2)[C@H]1c1ccccc1C(F)(F)F. The topological polar surface area (TPSA) is 55.4 Å². The number of nitrogens with one attached hydrogen (secondary N) is 1. The van der Waals surface area contributed by atoms with Crippen LogP contribution < -0.4 is 5.32 Å². The van der Waals surface area contributed by atoms with Gasteiger partial charge in [0.05, 0.1) is 18.2 Å². The van der Waals surface area contributed by atoms with Crippen LogP contribution in [0.2, 0.25) is 0 Å². The van der Waals surface area contributed by atoms with Gasteiger partial charge in [-0.25, -0.2) is 4.79 Å². The quantitative estimate of drug-likeness (QED) is 0.649. The molecular weight excluding hydrogens is 427 g/mol. The van der Waals surface area contributed by atoms with Crippen LogP contribution in [0.1, 0.15) is 47.6 Å². The molecule has 1 aromatic heterocycles. The van der Waals surface area contributed by atoms with Gasteiger partial charge in [0.1, 0.15) is 0 Å². The molecule has 2 heterocycles. The van der Waals surface area contributed by atoms with E-state index in [0.717, 1.165) is 10.9 Å². The first-order valence-corrected chi connectivity index (χ1v) is 10.6. The number of rotatable bonds is 3. The average molecular weight is 447 g/mol. The second-order valence-electron chi connectivity index (χ2n) is 7.61. The van der Waals surface area contributed by atoms with E-state index in [0.29, 0.717) is 17.8 Å². The number of ether oxygens (including phenoxy) is 1. The lowest BCUT2D eigenvalue weighted by molar-refractivity contribution is -0.139. The molecule has 1 N–H and O–H groups in total. The molecule has 2 aliphatic rings. The number of carbonyl (C=O) groups is 2. The highest BCUT2D eigenvalue weighted by Gasteiger charge is 2.45.